The van der Waals surface area contributed by atoms with Crippen LogP contribution in [0.2, 0.25) is 0 Å². The van der Waals surface area contributed by atoms with Gasteiger partial charge in [0, 0.05) is 24.3 Å². The van der Waals surface area contributed by atoms with E-state index in [1.165, 1.54) is 12.3 Å². The van der Waals surface area contributed by atoms with Crippen LogP contribution in [0.15, 0.2) is 17.6 Å². The van der Waals surface area contributed by atoms with E-state index in [9.17, 15) is 19.8 Å². The first-order chi connectivity index (χ1) is 13.1. The molecule has 1 saturated heterocycles. The Morgan fingerprint density at radius 2 is 2.11 bits per heavy atom. The molecule has 2 unspecified atom stereocenters. The number of methoxy groups -OCH3 is 1. The summed E-state index contributed by atoms with van der Waals surface area (Å²) in [4.78, 5) is 28.3. The summed E-state index contributed by atoms with van der Waals surface area (Å²) in [6.45, 7) is 9.48. The van der Waals surface area contributed by atoms with Crippen LogP contribution in [0.5, 0.6) is 0 Å². The SMILES string of the molecule is C=Cc1cn([C@@H]2O[C@H](C)C(O)C2O)c(=O)nc1NC(=O)OCC(C)(C)COC. The molecular weight excluding hydrogens is 370 g/mol. The first-order valence-corrected chi connectivity index (χ1v) is 8.79. The first kappa shape index (κ1) is 22.0. The maximum absolute atomic E-state index is 12.4. The van der Waals surface area contributed by atoms with Gasteiger partial charge in [0.1, 0.15) is 24.6 Å². The minimum atomic E-state index is -1.29. The molecule has 156 valence electrons. The van der Waals surface area contributed by atoms with E-state index in [0.29, 0.717) is 12.2 Å². The number of aromatic nitrogens is 2. The molecule has 2 rings (SSSR count). The van der Waals surface area contributed by atoms with E-state index >= 15 is 0 Å². The summed E-state index contributed by atoms with van der Waals surface area (Å²) < 4.78 is 16.7. The molecule has 3 N–H and O–H groups in total. The molecule has 10 heteroatoms. The van der Waals surface area contributed by atoms with Crippen molar-refractivity contribution in [2.75, 3.05) is 25.6 Å². The lowest BCUT2D eigenvalue weighted by molar-refractivity contribution is -0.0350. The van der Waals surface area contributed by atoms with Crippen LogP contribution in [-0.2, 0) is 14.2 Å². The predicted octanol–water partition coefficient (Wildman–Crippen LogP) is 0.746. The van der Waals surface area contributed by atoms with E-state index in [0.717, 1.165) is 4.57 Å². The number of amides is 1. The van der Waals surface area contributed by atoms with Gasteiger partial charge in [-0.15, -0.1) is 0 Å². The van der Waals surface area contributed by atoms with Crippen LogP contribution in [0.25, 0.3) is 6.08 Å². The number of nitrogens with zero attached hydrogens (tertiary/aromatic N) is 2. The van der Waals surface area contributed by atoms with E-state index in [1.807, 2.05) is 13.8 Å². The molecule has 1 aromatic rings. The van der Waals surface area contributed by atoms with E-state index < -0.39 is 36.3 Å². The van der Waals surface area contributed by atoms with Crippen LogP contribution in [0.4, 0.5) is 10.6 Å². The van der Waals surface area contributed by atoms with Crippen molar-refractivity contribution in [3.8, 4) is 0 Å². The highest BCUT2D eigenvalue weighted by Crippen LogP contribution is 2.28. The molecule has 0 aliphatic carbocycles. The Morgan fingerprint density at radius 1 is 1.43 bits per heavy atom. The topological polar surface area (TPSA) is 132 Å². The van der Waals surface area contributed by atoms with Crippen LogP contribution in [0.3, 0.4) is 0 Å². The van der Waals surface area contributed by atoms with Crippen molar-refractivity contribution in [3.05, 3.63) is 28.8 Å². The van der Waals surface area contributed by atoms with Gasteiger partial charge in [-0.3, -0.25) is 9.88 Å². The number of hydrogen-bond acceptors (Lipinski definition) is 8. The van der Waals surface area contributed by atoms with Gasteiger partial charge in [0.25, 0.3) is 0 Å². The van der Waals surface area contributed by atoms with Crippen molar-refractivity contribution in [1.29, 1.82) is 0 Å². The number of aliphatic hydroxyl groups is 2. The Morgan fingerprint density at radius 3 is 2.64 bits per heavy atom. The van der Waals surface area contributed by atoms with Crippen LogP contribution < -0.4 is 11.0 Å². The molecule has 0 spiro atoms. The third-order valence-electron chi connectivity index (χ3n) is 4.30. The van der Waals surface area contributed by atoms with Crippen molar-refractivity contribution < 1.29 is 29.2 Å². The lowest BCUT2D eigenvalue weighted by atomic mass is 9.96. The zero-order valence-corrected chi connectivity index (χ0v) is 16.4. The fraction of sp³-hybridized carbons (Fsp3) is 0.611. The molecule has 1 amide bonds. The molecule has 0 radical (unpaired) electrons. The van der Waals surface area contributed by atoms with Gasteiger partial charge in [-0.25, -0.2) is 9.59 Å². The minimum absolute atomic E-state index is 0.0353. The number of carbonyl (C=O) groups is 1. The lowest BCUT2D eigenvalue weighted by Gasteiger charge is -2.23. The molecule has 4 atom stereocenters. The number of anilines is 1. The molecular formula is C18H27N3O7. The Hall–Kier alpha value is -2.27. The van der Waals surface area contributed by atoms with Gasteiger partial charge in [0.2, 0.25) is 0 Å². The van der Waals surface area contributed by atoms with Crippen LogP contribution >= 0.6 is 0 Å². The largest absolute Gasteiger partial charge is 0.449 e. The van der Waals surface area contributed by atoms with Gasteiger partial charge < -0.3 is 24.4 Å². The third-order valence-corrected chi connectivity index (χ3v) is 4.30. The fourth-order valence-electron chi connectivity index (χ4n) is 2.80. The normalized spacial score (nSPS) is 24.8. The number of nitrogens with one attached hydrogen (secondary N) is 1. The summed E-state index contributed by atoms with van der Waals surface area (Å²) in [5, 5.41) is 22.3. The van der Waals surface area contributed by atoms with Gasteiger partial charge in [-0.2, -0.15) is 4.98 Å². The molecule has 0 saturated carbocycles. The standard InChI is InChI=1S/C18H27N3O7/c1-6-11-7-21(15-13(23)12(22)10(2)28-15)16(24)19-14(11)20-17(25)27-9-18(3,4)8-26-5/h6-7,10,12-13,15,22-23H,1,8-9H2,2-5H3,(H,19,20,24,25)/t10-,12?,13?,15-/m1/s1. The second kappa shape index (κ2) is 8.82. The van der Waals surface area contributed by atoms with Gasteiger partial charge >= 0.3 is 11.8 Å². The first-order valence-electron chi connectivity index (χ1n) is 8.79. The zero-order valence-electron chi connectivity index (χ0n) is 16.4. The number of hydrogen-bond donors (Lipinski definition) is 3. The molecule has 10 nitrogen and oxygen atoms in total. The fourth-order valence-corrected chi connectivity index (χ4v) is 2.80. The maximum Gasteiger partial charge on any atom is 0.412 e. The van der Waals surface area contributed by atoms with Gasteiger partial charge in [-0.1, -0.05) is 26.5 Å². The smallest absolute Gasteiger partial charge is 0.412 e. The molecule has 2 heterocycles. The van der Waals surface area contributed by atoms with E-state index in [-0.39, 0.29) is 17.8 Å². The molecule has 0 aromatic carbocycles. The number of rotatable bonds is 7. The van der Waals surface area contributed by atoms with E-state index in [1.54, 1.807) is 14.0 Å². The second-order valence-corrected chi connectivity index (χ2v) is 7.45. The quantitative estimate of drug-likeness (QED) is 0.614. The van der Waals surface area contributed by atoms with Crippen molar-refractivity contribution in [3.63, 3.8) is 0 Å². The van der Waals surface area contributed by atoms with Crippen molar-refractivity contribution in [1.82, 2.24) is 9.55 Å². The highest BCUT2D eigenvalue weighted by Gasteiger charge is 2.42. The average molecular weight is 397 g/mol. The van der Waals surface area contributed by atoms with E-state index in [2.05, 4.69) is 16.9 Å². The van der Waals surface area contributed by atoms with Gasteiger partial charge in [-0.05, 0) is 6.92 Å². The number of ether oxygens (including phenoxy) is 3. The summed E-state index contributed by atoms with van der Waals surface area (Å²) in [7, 11) is 1.56. The lowest BCUT2D eigenvalue weighted by Crippen LogP contribution is -2.36. The maximum atomic E-state index is 12.4. The highest BCUT2D eigenvalue weighted by molar-refractivity contribution is 5.85. The summed E-state index contributed by atoms with van der Waals surface area (Å²) in [6, 6.07) is 0. The Balaban J connectivity index is 2.16. The molecule has 1 aliphatic rings. The summed E-state index contributed by atoms with van der Waals surface area (Å²) in [5.41, 5.74) is -0.832. The minimum Gasteiger partial charge on any atom is -0.449 e. The second-order valence-electron chi connectivity index (χ2n) is 7.45. The molecule has 0 bridgehead atoms. The molecule has 28 heavy (non-hydrogen) atoms. The zero-order chi connectivity index (χ0) is 21.1. The van der Waals surface area contributed by atoms with Crippen molar-refractivity contribution in [2.24, 2.45) is 5.41 Å². The Labute approximate surface area is 162 Å². The van der Waals surface area contributed by atoms with Gasteiger partial charge in [0.05, 0.1) is 12.7 Å². The Bertz CT molecular complexity index is 777. The third kappa shape index (κ3) is 4.96. The molecule has 1 fully saturated rings. The summed E-state index contributed by atoms with van der Waals surface area (Å²) >= 11 is 0. The van der Waals surface area contributed by atoms with Crippen LogP contribution in [0, 0.1) is 5.41 Å². The van der Waals surface area contributed by atoms with Crippen LogP contribution in [0.1, 0.15) is 32.6 Å². The van der Waals surface area contributed by atoms with Crippen molar-refractivity contribution >= 4 is 18.0 Å². The summed E-state index contributed by atoms with van der Waals surface area (Å²) in [5.74, 6) is -0.0353. The Kier molecular flexibility index (Phi) is 6.94. The van der Waals surface area contributed by atoms with Crippen LogP contribution in [-0.4, -0.2) is 64.5 Å². The number of aliphatic hydroxyl groups excluding tert-OH is 2. The monoisotopic (exact) mass is 397 g/mol. The summed E-state index contributed by atoms with van der Waals surface area (Å²) in [6.07, 6.45) is -2.23. The molecule has 1 aliphatic heterocycles. The molecule has 1 aromatic heterocycles. The van der Waals surface area contributed by atoms with E-state index in [4.69, 9.17) is 14.2 Å². The predicted molar refractivity (Wildman–Crippen MR) is 101 cm³/mol. The number of carbonyl (C=O) groups excluding carboxylic acids is 1. The van der Waals surface area contributed by atoms with Gasteiger partial charge in [0.15, 0.2) is 6.23 Å². The average Bonchev–Trinajstić information content (AvgIpc) is 2.88. The van der Waals surface area contributed by atoms with Crippen molar-refractivity contribution in [2.45, 2.75) is 45.3 Å². The highest BCUT2D eigenvalue weighted by atomic mass is 16.6.